The summed E-state index contributed by atoms with van der Waals surface area (Å²) >= 11 is 5.94. The number of carbonyl (C=O) groups excluding carboxylic acids is 1. The SMILES string of the molecule is COCCOCC(=O)Nc1cccc(Cl)c1C. The van der Waals surface area contributed by atoms with E-state index in [9.17, 15) is 4.79 Å². The highest BCUT2D eigenvalue weighted by Crippen LogP contribution is 2.22. The average Bonchev–Trinajstić information content (AvgIpc) is 2.31. The first-order valence-corrected chi connectivity index (χ1v) is 5.64. The zero-order chi connectivity index (χ0) is 12.7. The number of anilines is 1. The summed E-state index contributed by atoms with van der Waals surface area (Å²) in [6.45, 7) is 2.74. The van der Waals surface area contributed by atoms with E-state index >= 15 is 0 Å². The van der Waals surface area contributed by atoms with Crippen molar-refractivity contribution in [2.24, 2.45) is 0 Å². The van der Waals surface area contributed by atoms with Gasteiger partial charge in [-0.25, -0.2) is 0 Å². The molecule has 0 spiro atoms. The van der Waals surface area contributed by atoms with Gasteiger partial charge in [-0.15, -0.1) is 0 Å². The van der Waals surface area contributed by atoms with Gasteiger partial charge >= 0.3 is 0 Å². The topological polar surface area (TPSA) is 47.6 Å². The second-order valence-corrected chi connectivity index (χ2v) is 3.91. The molecular formula is C12H16ClNO3. The molecule has 0 bridgehead atoms. The lowest BCUT2D eigenvalue weighted by molar-refractivity contribution is -0.121. The first kappa shape index (κ1) is 14.0. The molecule has 1 aromatic rings. The van der Waals surface area contributed by atoms with Crippen molar-refractivity contribution in [3.63, 3.8) is 0 Å². The number of ether oxygens (including phenoxy) is 2. The van der Waals surface area contributed by atoms with Crippen molar-refractivity contribution in [2.75, 3.05) is 32.2 Å². The number of rotatable bonds is 6. The smallest absolute Gasteiger partial charge is 0.250 e. The van der Waals surface area contributed by atoms with Crippen LogP contribution in [0.5, 0.6) is 0 Å². The largest absolute Gasteiger partial charge is 0.382 e. The number of benzene rings is 1. The highest BCUT2D eigenvalue weighted by molar-refractivity contribution is 6.31. The summed E-state index contributed by atoms with van der Waals surface area (Å²) in [6.07, 6.45) is 0. The molecule has 0 atom stereocenters. The predicted octanol–water partition coefficient (Wildman–Crippen LogP) is 2.25. The van der Waals surface area contributed by atoms with Crippen LogP contribution in [-0.2, 0) is 14.3 Å². The maximum atomic E-state index is 11.5. The molecule has 1 rings (SSSR count). The van der Waals surface area contributed by atoms with Gasteiger partial charge in [-0.2, -0.15) is 0 Å². The van der Waals surface area contributed by atoms with Crippen molar-refractivity contribution < 1.29 is 14.3 Å². The monoisotopic (exact) mass is 257 g/mol. The Morgan fingerprint density at radius 3 is 2.88 bits per heavy atom. The van der Waals surface area contributed by atoms with E-state index in [0.717, 1.165) is 5.56 Å². The summed E-state index contributed by atoms with van der Waals surface area (Å²) in [6, 6.07) is 5.37. The molecule has 5 heteroatoms. The molecule has 1 aromatic carbocycles. The minimum absolute atomic E-state index is 0.00924. The fourth-order valence-corrected chi connectivity index (χ4v) is 1.41. The third-order valence-corrected chi connectivity index (χ3v) is 2.62. The first-order valence-electron chi connectivity index (χ1n) is 5.26. The van der Waals surface area contributed by atoms with Crippen molar-refractivity contribution >= 4 is 23.2 Å². The van der Waals surface area contributed by atoms with E-state index in [1.165, 1.54) is 0 Å². The Bertz CT molecular complexity index is 382. The Balaban J connectivity index is 2.43. The third kappa shape index (κ3) is 4.73. The number of hydrogen-bond donors (Lipinski definition) is 1. The van der Waals surface area contributed by atoms with Gasteiger partial charge in [0.15, 0.2) is 0 Å². The summed E-state index contributed by atoms with van der Waals surface area (Å²) in [4.78, 5) is 11.5. The lowest BCUT2D eigenvalue weighted by Gasteiger charge is -2.09. The van der Waals surface area contributed by atoms with Crippen LogP contribution in [0.1, 0.15) is 5.56 Å². The average molecular weight is 258 g/mol. The summed E-state index contributed by atoms with van der Waals surface area (Å²) in [5.74, 6) is -0.202. The molecule has 0 unspecified atom stereocenters. The van der Waals surface area contributed by atoms with Crippen molar-refractivity contribution in [1.29, 1.82) is 0 Å². The van der Waals surface area contributed by atoms with E-state index in [-0.39, 0.29) is 12.5 Å². The Kier molecular flexibility index (Phi) is 5.97. The number of halogens is 1. The van der Waals surface area contributed by atoms with E-state index < -0.39 is 0 Å². The van der Waals surface area contributed by atoms with Gasteiger partial charge in [-0.05, 0) is 24.6 Å². The number of nitrogens with one attached hydrogen (secondary N) is 1. The maximum absolute atomic E-state index is 11.5. The molecule has 0 radical (unpaired) electrons. The molecule has 4 nitrogen and oxygen atoms in total. The van der Waals surface area contributed by atoms with Crippen molar-refractivity contribution in [2.45, 2.75) is 6.92 Å². The maximum Gasteiger partial charge on any atom is 0.250 e. The van der Waals surface area contributed by atoms with Gasteiger partial charge in [-0.3, -0.25) is 4.79 Å². The molecule has 1 amide bonds. The highest BCUT2D eigenvalue weighted by atomic mass is 35.5. The summed E-state index contributed by atoms with van der Waals surface area (Å²) in [5, 5.41) is 3.37. The van der Waals surface area contributed by atoms with E-state index in [1.54, 1.807) is 25.3 Å². The number of methoxy groups -OCH3 is 1. The second-order valence-electron chi connectivity index (χ2n) is 3.51. The van der Waals surface area contributed by atoms with Crippen LogP contribution in [0.4, 0.5) is 5.69 Å². The van der Waals surface area contributed by atoms with Crippen LogP contribution in [0.3, 0.4) is 0 Å². The molecule has 1 N–H and O–H groups in total. The molecule has 94 valence electrons. The molecule has 0 fully saturated rings. The second kappa shape index (κ2) is 7.27. The van der Waals surface area contributed by atoms with Crippen molar-refractivity contribution in [3.05, 3.63) is 28.8 Å². The zero-order valence-corrected chi connectivity index (χ0v) is 10.7. The van der Waals surface area contributed by atoms with Crippen LogP contribution >= 0.6 is 11.6 Å². The minimum atomic E-state index is -0.202. The Morgan fingerprint density at radius 2 is 2.18 bits per heavy atom. The molecule has 0 heterocycles. The van der Waals surface area contributed by atoms with Crippen LogP contribution in [0.15, 0.2) is 18.2 Å². The summed E-state index contributed by atoms with van der Waals surface area (Å²) in [5.41, 5.74) is 1.55. The van der Waals surface area contributed by atoms with Gasteiger partial charge < -0.3 is 14.8 Å². The van der Waals surface area contributed by atoms with Gasteiger partial charge in [-0.1, -0.05) is 17.7 Å². The predicted molar refractivity (Wildman–Crippen MR) is 67.5 cm³/mol. The quantitative estimate of drug-likeness (QED) is 0.795. The molecule has 0 aliphatic carbocycles. The third-order valence-electron chi connectivity index (χ3n) is 2.21. The lowest BCUT2D eigenvalue weighted by Crippen LogP contribution is -2.20. The molecule has 0 saturated heterocycles. The minimum Gasteiger partial charge on any atom is -0.382 e. The van der Waals surface area contributed by atoms with Crippen LogP contribution in [0.2, 0.25) is 5.02 Å². The Morgan fingerprint density at radius 1 is 1.41 bits per heavy atom. The van der Waals surface area contributed by atoms with Gasteiger partial charge in [0.1, 0.15) is 6.61 Å². The van der Waals surface area contributed by atoms with E-state index in [2.05, 4.69) is 5.32 Å². The molecule has 0 aromatic heterocycles. The molecular weight excluding hydrogens is 242 g/mol. The summed E-state index contributed by atoms with van der Waals surface area (Å²) < 4.78 is 9.91. The summed E-state index contributed by atoms with van der Waals surface area (Å²) in [7, 11) is 1.58. The fraction of sp³-hybridized carbons (Fsp3) is 0.417. The van der Waals surface area contributed by atoms with Gasteiger partial charge in [0, 0.05) is 17.8 Å². The zero-order valence-electron chi connectivity index (χ0n) is 9.96. The Labute approximate surface area is 106 Å². The van der Waals surface area contributed by atoms with Crippen molar-refractivity contribution in [1.82, 2.24) is 0 Å². The van der Waals surface area contributed by atoms with E-state index in [0.29, 0.717) is 23.9 Å². The lowest BCUT2D eigenvalue weighted by atomic mass is 10.2. The Hall–Kier alpha value is -1.10. The highest BCUT2D eigenvalue weighted by Gasteiger charge is 2.06. The van der Waals surface area contributed by atoms with Crippen LogP contribution in [-0.4, -0.2) is 32.8 Å². The van der Waals surface area contributed by atoms with E-state index in [1.807, 2.05) is 6.92 Å². The van der Waals surface area contributed by atoms with Crippen LogP contribution < -0.4 is 5.32 Å². The first-order chi connectivity index (χ1) is 8.15. The number of amides is 1. The fourth-order valence-electron chi connectivity index (χ4n) is 1.24. The van der Waals surface area contributed by atoms with Crippen LogP contribution in [0.25, 0.3) is 0 Å². The molecule has 0 aliphatic heterocycles. The number of hydrogen-bond acceptors (Lipinski definition) is 3. The van der Waals surface area contributed by atoms with Gasteiger partial charge in [0.25, 0.3) is 0 Å². The van der Waals surface area contributed by atoms with Crippen molar-refractivity contribution in [3.8, 4) is 0 Å². The molecule has 0 aliphatic rings. The van der Waals surface area contributed by atoms with Gasteiger partial charge in [0.05, 0.1) is 13.2 Å². The molecule has 0 saturated carbocycles. The normalized spacial score (nSPS) is 10.3. The number of carbonyl (C=O) groups is 1. The van der Waals surface area contributed by atoms with Gasteiger partial charge in [0.2, 0.25) is 5.91 Å². The van der Waals surface area contributed by atoms with E-state index in [4.69, 9.17) is 21.1 Å². The van der Waals surface area contributed by atoms with Crippen LogP contribution in [0, 0.1) is 6.92 Å². The standard InChI is InChI=1S/C12H16ClNO3/c1-9-10(13)4-3-5-11(9)14-12(15)8-17-7-6-16-2/h3-5H,6-8H2,1-2H3,(H,14,15). The molecule has 17 heavy (non-hydrogen) atoms.